The molecule has 0 aromatic carbocycles. The van der Waals surface area contributed by atoms with E-state index in [9.17, 15) is 4.79 Å². The number of rotatable bonds is 5. The van der Waals surface area contributed by atoms with Gasteiger partial charge in [-0.2, -0.15) is 4.98 Å². The standard InChI is InChI=1S/C14H21N7O2/c1-10(2)7-12-16-14(23-17-12)11-5-3-4-6-21(11)13(22)8-20-9-15-18-19-20/h9-11H,3-8H2,1-2H3/t11-/m0/s1. The summed E-state index contributed by atoms with van der Waals surface area (Å²) in [5, 5.41) is 14.9. The van der Waals surface area contributed by atoms with Gasteiger partial charge < -0.3 is 9.42 Å². The van der Waals surface area contributed by atoms with Crippen LogP contribution in [-0.4, -0.2) is 47.7 Å². The number of amides is 1. The fourth-order valence-electron chi connectivity index (χ4n) is 2.82. The van der Waals surface area contributed by atoms with Crippen LogP contribution in [-0.2, 0) is 17.8 Å². The Labute approximate surface area is 134 Å². The molecule has 2 aromatic rings. The van der Waals surface area contributed by atoms with Crippen LogP contribution in [0, 0.1) is 5.92 Å². The minimum atomic E-state index is -0.152. The molecule has 0 unspecified atom stereocenters. The van der Waals surface area contributed by atoms with E-state index in [-0.39, 0.29) is 18.5 Å². The summed E-state index contributed by atoms with van der Waals surface area (Å²) in [5.74, 6) is 1.66. The van der Waals surface area contributed by atoms with Crippen LogP contribution in [0.1, 0.15) is 50.9 Å². The Morgan fingerprint density at radius 3 is 3.04 bits per heavy atom. The average molecular weight is 319 g/mol. The quantitative estimate of drug-likeness (QED) is 0.810. The third-order valence-corrected chi connectivity index (χ3v) is 3.87. The lowest BCUT2D eigenvalue weighted by atomic mass is 10.0. The maximum atomic E-state index is 12.6. The number of aromatic nitrogens is 6. The van der Waals surface area contributed by atoms with Gasteiger partial charge in [-0.1, -0.05) is 19.0 Å². The van der Waals surface area contributed by atoms with Crippen LogP contribution in [0.15, 0.2) is 10.9 Å². The van der Waals surface area contributed by atoms with Gasteiger partial charge in [-0.3, -0.25) is 4.79 Å². The first-order valence-electron chi connectivity index (χ1n) is 7.96. The lowest BCUT2D eigenvalue weighted by Crippen LogP contribution is -2.40. The SMILES string of the molecule is CC(C)Cc1noc([C@@H]2CCCCN2C(=O)Cn2cnnn2)n1. The third kappa shape index (κ3) is 3.72. The van der Waals surface area contributed by atoms with E-state index in [1.807, 2.05) is 0 Å². The minimum absolute atomic E-state index is 0.0365. The molecule has 9 nitrogen and oxygen atoms in total. The summed E-state index contributed by atoms with van der Waals surface area (Å²) >= 11 is 0. The molecular formula is C14H21N7O2. The van der Waals surface area contributed by atoms with Crippen molar-refractivity contribution in [1.82, 2.24) is 35.2 Å². The molecule has 9 heteroatoms. The second kappa shape index (κ2) is 6.84. The van der Waals surface area contributed by atoms with E-state index in [0.717, 1.165) is 25.7 Å². The van der Waals surface area contributed by atoms with Crippen LogP contribution in [0.25, 0.3) is 0 Å². The van der Waals surface area contributed by atoms with Gasteiger partial charge in [-0.25, -0.2) is 4.68 Å². The van der Waals surface area contributed by atoms with E-state index in [1.165, 1.54) is 11.0 Å². The summed E-state index contributed by atoms with van der Waals surface area (Å²) in [6, 6.07) is -0.152. The summed E-state index contributed by atoms with van der Waals surface area (Å²) in [6.45, 7) is 5.03. The van der Waals surface area contributed by atoms with Crippen molar-refractivity contribution in [2.75, 3.05) is 6.54 Å². The zero-order valence-corrected chi connectivity index (χ0v) is 13.4. The van der Waals surface area contributed by atoms with Crippen LogP contribution < -0.4 is 0 Å². The summed E-state index contributed by atoms with van der Waals surface area (Å²) in [4.78, 5) is 18.8. The Bertz CT molecular complexity index is 637. The molecule has 3 heterocycles. The maximum Gasteiger partial charge on any atom is 0.249 e. The molecule has 3 rings (SSSR count). The highest BCUT2D eigenvalue weighted by molar-refractivity contribution is 5.76. The molecule has 0 saturated carbocycles. The normalized spacial score (nSPS) is 18.6. The van der Waals surface area contributed by atoms with Crippen LogP contribution >= 0.6 is 0 Å². The van der Waals surface area contributed by atoms with Gasteiger partial charge in [-0.05, 0) is 35.6 Å². The smallest absolute Gasteiger partial charge is 0.249 e. The van der Waals surface area contributed by atoms with Crippen LogP contribution in [0.3, 0.4) is 0 Å². The predicted molar refractivity (Wildman–Crippen MR) is 79.0 cm³/mol. The largest absolute Gasteiger partial charge is 0.337 e. The molecular weight excluding hydrogens is 298 g/mol. The molecule has 2 aromatic heterocycles. The fourth-order valence-corrected chi connectivity index (χ4v) is 2.82. The molecule has 1 amide bonds. The molecule has 0 spiro atoms. The summed E-state index contributed by atoms with van der Waals surface area (Å²) in [5.41, 5.74) is 0. The van der Waals surface area contributed by atoms with Gasteiger partial charge in [0.25, 0.3) is 0 Å². The number of nitrogens with zero attached hydrogens (tertiary/aromatic N) is 7. The summed E-state index contributed by atoms with van der Waals surface area (Å²) < 4.78 is 6.84. The van der Waals surface area contributed by atoms with Crippen LogP contribution in [0.5, 0.6) is 0 Å². The molecule has 1 fully saturated rings. The molecule has 1 atom stereocenters. The topological polar surface area (TPSA) is 103 Å². The lowest BCUT2D eigenvalue weighted by molar-refractivity contribution is -0.136. The van der Waals surface area contributed by atoms with Crippen molar-refractivity contribution in [3.8, 4) is 0 Å². The number of hydrogen-bond acceptors (Lipinski definition) is 7. The van der Waals surface area contributed by atoms with Gasteiger partial charge in [0.2, 0.25) is 11.8 Å². The van der Waals surface area contributed by atoms with Crippen molar-refractivity contribution in [3.63, 3.8) is 0 Å². The third-order valence-electron chi connectivity index (χ3n) is 3.87. The Morgan fingerprint density at radius 1 is 1.43 bits per heavy atom. The molecule has 1 aliphatic rings. The number of likely N-dealkylation sites (tertiary alicyclic amines) is 1. The number of piperidine rings is 1. The zero-order valence-electron chi connectivity index (χ0n) is 13.4. The van der Waals surface area contributed by atoms with E-state index in [2.05, 4.69) is 39.5 Å². The molecule has 124 valence electrons. The van der Waals surface area contributed by atoms with Gasteiger partial charge in [-0.15, -0.1) is 5.10 Å². The summed E-state index contributed by atoms with van der Waals surface area (Å²) in [7, 11) is 0. The number of hydrogen-bond donors (Lipinski definition) is 0. The van der Waals surface area contributed by atoms with Crippen molar-refractivity contribution in [2.45, 2.75) is 52.1 Å². The Morgan fingerprint density at radius 2 is 2.30 bits per heavy atom. The number of tetrazole rings is 1. The molecule has 0 bridgehead atoms. The molecule has 1 aliphatic heterocycles. The van der Waals surface area contributed by atoms with E-state index in [0.29, 0.717) is 24.2 Å². The van der Waals surface area contributed by atoms with Gasteiger partial charge in [0, 0.05) is 13.0 Å². The monoisotopic (exact) mass is 319 g/mol. The highest BCUT2D eigenvalue weighted by atomic mass is 16.5. The van der Waals surface area contributed by atoms with Crippen molar-refractivity contribution in [2.24, 2.45) is 5.92 Å². The summed E-state index contributed by atoms with van der Waals surface area (Å²) in [6.07, 6.45) is 5.07. The average Bonchev–Trinajstić information content (AvgIpc) is 3.18. The van der Waals surface area contributed by atoms with Crippen molar-refractivity contribution in [1.29, 1.82) is 0 Å². The van der Waals surface area contributed by atoms with Crippen molar-refractivity contribution in [3.05, 3.63) is 18.0 Å². The first kappa shape index (κ1) is 15.6. The predicted octanol–water partition coefficient (Wildman–Crippen LogP) is 1.01. The fraction of sp³-hybridized carbons (Fsp3) is 0.714. The van der Waals surface area contributed by atoms with E-state index in [4.69, 9.17) is 4.52 Å². The minimum Gasteiger partial charge on any atom is -0.337 e. The first-order valence-corrected chi connectivity index (χ1v) is 7.96. The van der Waals surface area contributed by atoms with Crippen molar-refractivity contribution >= 4 is 5.91 Å². The molecule has 0 radical (unpaired) electrons. The number of carbonyl (C=O) groups excluding carboxylic acids is 1. The van der Waals surface area contributed by atoms with E-state index >= 15 is 0 Å². The second-order valence-electron chi connectivity index (χ2n) is 6.25. The molecule has 23 heavy (non-hydrogen) atoms. The van der Waals surface area contributed by atoms with Crippen LogP contribution in [0.4, 0.5) is 0 Å². The van der Waals surface area contributed by atoms with E-state index < -0.39 is 0 Å². The Hall–Kier alpha value is -2.32. The van der Waals surface area contributed by atoms with Gasteiger partial charge in [0.1, 0.15) is 18.9 Å². The van der Waals surface area contributed by atoms with Gasteiger partial charge in [0.15, 0.2) is 5.82 Å². The van der Waals surface area contributed by atoms with Gasteiger partial charge in [0.05, 0.1) is 0 Å². The van der Waals surface area contributed by atoms with E-state index in [1.54, 1.807) is 4.90 Å². The van der Waals surface area contributed by atoms with Gasteiger partial charge >= 0.3 is 0 Å². The lowest BCUT2D eigenvalue weighted by Gasteiger charge is -2.33. The molecule has 1 saturated heterocycles. The number of carbonyl (C=O) groups is 1. The van der Waals surface area contributed by atoms with Crippen molar-refractivity contribution < 1.29 is 9.32 Å². The van der Waals surface area contributed by atoms with Crippen LogP contribution in [0.2, 0.25) is 0 Å². The maximum absolute atomic E-state index is 12.6. The second-order valence-corrected chi connectivity index (χ2v) is 6.25. The Kier molecular flexibility index (Phi) is 4.63. The highest BCUT2D eigenvalue weighted by Gasteiger charge is 2.32. The first-order chi connectivity index (χ1) is 11.1. The Balaban J connectivity index is 1.73. The zero-order chi connectivity index (χ0) is 16.2. The highest BCUT2D eigenvalue weighted by Crippen LogP contribution is 2.30. The molecule has 0 aliphatic carbocycles. The molecule has 0 N–H and O–H groups in total.